The number of hydrogen-bond donors (Lipinski definition) is 2. The van der Waals surface area contributed by atoms with E-state index in [0.29, 0.717) is 45.6 Å². The normalized spacial score (nSPS) is 11.6. The number of nitrogens with two attached hydrogens (primary N) is 1. The number of halogens is 2. The summed E-state index contributed by atoms with van der Waals surface area (Å²) in [7, 11) is -2.31. The molecule has 0 unspecified atom stereocenters. The first-order valence-corrected chi connectivity index (χ1v) is 10.9. The summed E-state index contributed by atoms with van der Waals surface area (Å²) < 4.78 is 29.9. The zero-order valence-electron chi connectivity index (χ0n) is 15.5. The average Bonchev–Trinajstić information content (AvgIpc) is 3.10. The van der Waals surface area contributed by atoms with Gasteiger partial charge < -0.3 is 9.84 Å². The number of ether oxygens (including phenoxy) is 1. The Balaban J connectivity index is 2.13. The van der Waals surface area contributed by atoms with Crippen LogP contribution in [0.3, 0.4) is 0 Å². The number of aryl methyl sites for hydroxylation is 1. The van der Waals surface area contributed by atoms with Gasteiger partial charge >= 0.3 is 0 Å². The van der Waals surface area contributed by atoms with Gasteiger partial charge in [0.15, 0.2) is 5.75 Å². The Hall–Kier alpha value is -2.10. The van der Waals surface area contributed by atoms with Crippen LogP contribution in [0.1, 0.15) is 12.1 Å². The third-order valence-corrected chi connectivity index (χ3v) is 5.75. The molecule has 0 saturated carbocycles. The van der Waals surface area contributed by atoms with E-state index < -0.39 is 10.0 Å². The van der Waals surface area contributed by atoms with Gasteiger partial charge in [-0.05, 0) is 55.3 Å². The molecule has 7 nitrogen and oxygen atoms in total. The average molecular weight is 456 g/mol. The Kier molecular flexibility index (Phi) is 6.50. The lowest BCUT2D eigenvalue weighted by Gasteiger charge is -2.11. The molecule has 1 aromatic heterocycles. The predicted octanol–water partition coefficient (Wildman–Crippen LogP) is 3.43. The van der Waals surface area contributed by atoms with Crippen LogP contribution in [0.15, 0.2) is 47.4 Å². The number of nitrogens with zero attached hydrogens (tertiary/aromatic N) is 2. The maximum atomic E-state index is 11.5. The van der Waals surface area contributed by atoms with Crippen LogP contribution in [0.5, 0.6) is 5.75 Å². The molecule has 0 bridgehead atoms. The predicted molar refractivity (Wildman–Crippen MR) is 112 cm³/mol. The Morgan fingerprint density at radius 1 is 1.14 bits per heavy atom. The monoisotopic (exact) mass is 455 g/mol. The summed E-state index contributed by atoms with van der Waals surface area (Å²) in [4.78, 5) is 0.00555. The van der Waals surface area contributed by atoms with Crippen LogP contribution in [-0.4, -0.2) is 37.0 Å². The van der Waals surface area contributed by atoms with Crippen LogP contribution in [-0.2, 0) is 16.4 Å². The molecular weight excluding hydrogens is 437 g/mol. The van der Waals surface area contributed by atoms with Gasteiger partial charge in [0, 0.05) is 12.2 Å². The number of aliphatic hydroxyl groups is 1. The van der Waals surface area contributed by atoms with Crippen molar-refractivity contribution < 1.29 is 18.3 Å². The van der Waals surface area contributed by atoms with Crippen molar-refractivity contribution in [1.82, 2.24) is 9.78 Å². The Bertz CT molecular complexity index is 1110. The molecule has 154 valence electrons. The number of benzene rings is 2. The minimum Gasteiger partial charge on any atom is -0.494 e. The highest BCUT2D eigenvalue weighted by molar-refractivity contribution is 7.89. The molecule has 2 aromatic carbocycles. The van der Waals surface area contributed by atoms with Gasteiger partial charge in [-0.1, -0.05) is 23.2 Å². The van der Waals surface area contributed by atoms with Crippen molar-refractivity contribution in [2.24, 2.45) is 5.14 Å². The van der Waals surface area contributed by atoms with Crippen LogP contribution in [0.25, 0.3) is 16.9 Å². The zero-order valence-corrected chi connectivity index (χ0v) is 17.8. The molecule has 0 saturated heterocycles. The van der Waals surface area contributed by atoms with Crippen molar-refractivity contribution in [2.45, 2.75) is 17.7 Å². The summed E-state index contributed by atoms with van der Waals surface area (Å²) >= 11 is 12.6. The van der Waals surface area contributed by atoms with Crippen molar-refractivity contribution >= 4 is 33.2 Å². The molecule has 0 amide bonds. The molecule has 0 radical (unpaired) electrons. The standard InChI is InChI=1S/C19H19Cl2N3O4S/c1-28-19-16(20)9-12(10-17(19)21)18-11-13(3-2-8-25)23-24(18)14-4-6-15(7-5-14)29(22,26)27/h4-7,9-11,25H,2-3,8H2,1H3,(H2,22,26,27). The fraction of sp³-hybridized carbons (Fsp3) is 0.211. The minimum atomic E-state index is -3.80. The number of methoxy groups -OCH3 is 1. The third kappa shape index (κ3) is 4.73. The number of aromatic nitrogens is 2. The molecule has 0 atom stereocenters. The molecule has 0 aliphatic rings. The van der Waals surface area contributed by atoms with E-state index in [2.05, 4.69) is 5.10 Å². The van der Waals surface area contributed by atoms with Crippen molar-refractivity contribution in [3.63, 3.8) is 0 Å². The van der Waals surface area contributed by atoms with E-state index in [4.69, 9.17) is 38.2 Å². The van der Waals surface area contributed by atoms with Crippen molar-refractivity contribution in [3.05, 3.63) is 58.2 Å². The van der Waals surface area contributed by atoms with E-state index >= 15 is 0 Å². The number of rotatable bonds is 7. The van der Waals surface area contributed by atoms with Gasteiger partial charge in [0.05, 0.1) is 39.1 Å². The van der Waals surface area contributed by atoms with Crippen LogP contribution in [0.2, 0.25) is 10.0 Å². The fourth-order valence-electron chi connectivity index (χ4n) is 2.89. The first-order chi connectivity index (χ1) is 13.7. The fourth-order valence-corrected chi connectivity index (χ4v) is 4.05. The SMILES string of the molecule is COc1c(Cl)cc(-c2cc(CCCO)nn2-c2ccc(S(N)(=O)=O)cc2)cc1Cl. The largest absolute Gasteiger partial charge is 0.494 e. The van der Waals surface area contributed by atoms with E-state index in [-0.39, 0.29) is 11.5 Å². The lowest BCUT2D eigenvalue weighted by molar-refractivity contribution is 0.288. The summed E-state index contributed by atoms with van der Waals surface area (Å²) in [5, 5.41) is 19.6. The topological polar surface area (TPSA) is 107 Å². The van der Waals surface area contributed by atoms with Crippen LogP contribution < -0.4 is 9.88 Å². The van der Waals surface area contributed by atoms with Gasteiger partial charge in [-0.15, -0.1) is 0 Å². The molecule has 10 heteroatoms. The summed E-state index contributed by atoms with van der Waals surface area (Å²) in [6.45, 7) is 0.0471. The molecule has 1 heterocycles. The maximum absolute atomic E-state index is 11.5. The highest BCUT2D eigenvalue weighted by atomic mass is 35.5. The molecule has 0 spiro atoms. The number of sulfonamides is 1. The molecular formula is C19H19Cl2N3O4S. The minimum absolute atomic E-state index is 0.00555. The molecule has 3 aromatic rings. The maximum Gasteiger partial charge on any atom is 0.238 e. The van der Waals surface area contributed by atoms with E-state index in [1.807, 2.05) is 6.07 Å². The first-order valence-electron chi connectivity index (χ1n) is 8.61. The van der Waals surface area contributed by atoms with Gasteiger partial charge in [0.2, 0.25) is 10.0 Å². The summed E-state index contributed by atoms with van der Waals surface area (Å²) in [5.74, 6) is 0.376. The van der Waals surface area contributed by atoms with Crippen molar-refractivity contribution in [2.75, 3.05) is 13.7 Å². The summed E-state index contributed by atoms with van der Waals surface area (Å²) in [5.41, 5.74) is 2.80. The third-order valence-electron chi connectivity index (χ3n) is 4.26. The molecule has 3 rings (SSSR count). The molecule has 29 heavy (non-hydrogen) atoms. The Morgan fingerprint density at radius 3 is 2.28 bits per heavy atom. The smallest absolute Gasteiger partial charge is 0.238 e. The van der Waals surface area contributed by atoms with Gasteiger partial charge in [0.25, 0.3) is 0 Å². The Morgan fingerprint density at radius 2 is 1.76 bits per heavy atom. The molecule has 0 aliphatic carbocycles. The lowest BCUT2D eigenvalue weighted by Crippen LogP contribution is -2.12. The second-order valence-corrected chi connectivity index (χ2v) is 8.65. The quantitative estimate of drug-likeness (QED) is 0.567. The van der Waals surface area contributed by atoms with E-state index in [1.54, 1.807) is 28.9 Å². The highest BCUT2D eigenvalue weighted by Crippen LogP contribution is 2.38. The van der Waals surface area contributed by atoms with Gasteiger partial charge in [-0.2, -0.15) is 5.10 Å². The summed E-state index contributed by atoms with van der Waals surface area (Å²) in [6, 6.07) is 11.4. The van der Waals surface area contributed by atoms with E-state index in [9.17, 15) is 8.42 Å². The zero-order chi connectivity index (χ0) is 21.2. The number of aliphatic hydroxyl groups excluding tert-OH is 1. The van der Waals surface area contributed by atoms with Crippen LogP contribution in [0.4, 0.5) is 0 Å². The lowest BCUT2D eigenvalue weighted by atomic mass is 10.1. The highest BCUT2D eigenvalue weighted by Gasteiger charge is 2.17. The van der Waals surface area contributed by atoms with Crippen LogP contribution >= 0.6 is 23.2 Å². The second kappa shape index (κ2) is 8.73. The van der Waals surface area contributed by atoms with Crippen molar-refractivity contribution in [3.8, 4) is 22.7 Å². The first kappa shape index (κ1) is 21.6. The number of primary sulfonamides is 1. The second-order valence-electron chi connectivity index (χ2n) is 6.27. The van der Waals surface area contributed by atoms with Gasteiger partial charge in [-0.3, -0.25) is 0 Å². The van der Waals surface area contributed by atoms with E-state index in [0.717, 1.165) is 5.69 Å². The van der Waals surface area contributed by atoms with E-state index in [1.165, 1.54) is 19.2 Å². The van der Waals surface area contributed by atoms with Crippen molar-refractivity contribution in [1.29, 1.82) is 0 Å². The Labute approximate surface area is 178 Å². The van der Waals surface area contributed by atoms with Gasteiger partial charge in [-0.25, -0.2) is 18.2 Å². The molecule has 0 fully saturated rings. The molecule has 0 aliphatic heterocycles. The number of hydrogen-bond acceptors (Lipinski definition) is 5. The van der Waals surface area contributed by atoms with Gasteiger partial charge in [0.1, 0.15) is 0 Å². The van der Waals surface area contributed by atoms with Crippen LogP contribution in [0, 0.1) is 0 Å². The molecule has 3 N–H and O–H groups in total. The summed E-state index contributed by atoms with van der Waals surface area (Å²) in [6.07, 6.45) is 1.13.